The second-order valence-corrected chi connectivity index (χ2v) is 9.42. The summed E-state index contributed by atoms with van der Waals surface area (Å²) in [4.78, 5) is 18.1. The number of carbonyl (C=O) groups is 1. The molecule has 4 rings (SSSR count). The number of carbonyl (C=O) groups excluding carboxylic acids is 1. The van der Waals surface area contributed by atoms with Crippen molar-refractivity contribution in [3.8, 4) is 0 Å². The zero-order valence-electron chi connectivity index (χ0n) is 19.7. The Hall–Kier alpha value is -2.34. The van der Waals surface area contributed by atoms with E-state index in [-0.39, 0.29) is 5.91 Å². The normalized spacial score (nSPS) is 22.0. The van der Waals surface area contributed by atoms with E-state index in [1.165, 1.54) is 35.2 Å². The summed E-state index contributed by atoms with van der Waals surface area (Å²) in [5.41, 5.74) is 7.09. The summed E-state index contributed by atoms with van der Waals surface area (Å²) >= 11 is 0. The monoisotopic (exact) mass is 423 g/mol. The van der Waals surface area contributed by atoms with Crippen molar-refractivity contribution >= 4 is 11.6 Å². The maximum atomic E-state index is 13.5. The van der Waals surface area contributed by atoms with Crippen molar-refractivity contribution in [2.24, 2.45) is 7.05 Å². The Morgan fingerprint density at radius 2 is 1.90 bits per heavy atom. The third kappa shape index (κ3) is 4.49. The molecule has 6 heteroatoms. The lowest BCUT2D eigenvalue weighted by Crippen LogP contribution is -2.43. The molecule has 0 radical (unpaired) electrons. The van der Waals surface area contributed by atoms with Crippen LogP contribution in [0.25, 0.3) is 0 Å². The molecule has 0 spiro atoms. The van der Waals surface area contributed by atoms with E-state index in [2.05, 4.69) is 59.3 Å². The molecule has 2 bridgehead atoms. The number of amides is 1. The molecule has 31 heavy (non-hydrogen) atoms. The van der Waals surface area contributed by atoms with Gasteiger partial charge in [0.05, 0.1) is 5.69 Å². The van der Waals surface area contributed by atoms with Gasteiger partial charge in [0.1, 0.15) is 0 Å². The molecule has 1 aromatic heterocycles. The van der Waals surface area contributed by atoms with Crippen molar-refractivity contribution in [1.82, 2.24) is 19.6 Å². The van der Waals surface area contributed by atoms with Crippen LogP contribution >= 0.6 is 0 Å². The van der Waals surface area contributed by atoms with Crippen LogP contribution in [-0.4, -0.2) is 57.7 Å². The van der Waals surface area contributed by atoms with Crippen LogP contribution in [0.5, 0.6) is 0 Å². The van der Waals surface area contributed by atoms with E-state index in [0.29, 0.717) is 25.0 Å². The van der Waals surface area contributed by atoms with Crippen LogP contribution in [0.2, 0.25) is 0 Å². The Labute approximate surface area is 186 Å². The zero-order valence-corrected chi connectivity index (χ0v) is 19.7. The van der Waals surface area contributed by atoms with Crippen molar-refractivity contribution < 1.29 is 4.79 Å². The van der Waals surface area contributed by atoms with Crippen molar-refractivity contribution in [2.75, 3.05) is 25.5 Å². The summed E-state index contributed by atoms with van der Waals surface area (Å²) in [6.45, 7) is 8.74. The summed E-state index contributed by atoms with van der Waals surface area (Å²) in [6, 6.07) is 7.48. The first-order chi connectivity index (χ1) is 14.8. The number of hydrogen-bond donors (Lipinski definition) is 1. The largest absolute Gasteiger partial charge is 0.384 e. The molecule has 1 amide bonds. The predicted octanol–water partition coefficient (Wildman–Crippen LogP) is 3.59. The van der Waals surface area contributed by atoms with E-state index in [9.17, 15) is 4.79 Å². The highest BCUT2D eigenvalue weighted by Gasteiger charge is 2.33. The topological polar surface area (TPSA) is 53.4 Å². The summed E-state index contributed by atoms with van der Waals surface area (Å²) in [7, 11) is 4.21. The Bertz CT molecular complexity index is 950. The number of likely N-dealkylation sites (N-methyl/N-ethyl adjacent to an activating group) is 1. The van der Waals surface area contributed by atoms with Gasteiger partial charge < -0.3 is 10.2 Å². The third-order valence-electron chi connectivity index (χ3n) is 7.52. The summed E-state index contributed by atoms with van der Waals surface area (Å²) < 4.78 is 1.92. The van der Waals surface area contributed by atoms with Crippen molar-refractivity contribution in [1.29, 1.82) is 0 Å². The van der Waals surface area contributed by atoms with Gasteiger partial charge in [0, 0.05) is 56.6 Å². The molecule has 1 saturated heterocycles. The van der Waals surface area contributed by atoms with Gasteiger partial charge in [-0.2, -0.15) is 5.10 Å². The molecule has 0 saturated carbocycles. The van der Waals surface area contributed by atoms with Crippen molar-refractivity contribution in [3.05, 3.63) is 46.3 Å². The number of nitrogens with one attached hydrogen (secondary N) is 1. The van der Waals surface area contributed by atoms with Crippen LogP contribution < -0.4 is 5.32 Å². The van der Waals surface area contributed by atoms with Gasteiger partial charge in [0.15, 0.2) is 0 Å². The number of hydrogen-bond acceptors (Lipinski definition) is 4. The number of nitrogens with zero attached hydrogens (tertiary/aromatic N) is 4. The van der Waals surface area contributed by atoms with E-state index < -0.39 is 0 Å². The number of aryl methyl sites for hydroxylation is 3. The summed E-state index contributed by atoms with van der Waals surface area (Å²) in [6.07, 6.45) is 4.82. The minimum atomic E-state index is 0.242. The molecule has 6 nitrogen and oxygen atoms in total. The van der Waals surface area contributed by atoms with E-state index in [0.717, 1.165) is 37.3 Å². The first-order valence-corrected chi connectivity index (χ1v) is 11.7. The molecule has 3 heterocycles. The predicted molar refractivity (Wildman–Crippen MR) is 125 cm³/mol. The Morgan fingerprint density at radius 1 is 1.13 bits per heavy atom. The van der Waals surface area contributed by atoms with Crippen molar-refractivity contribution in [3.63, 3.8) is 0 Å². The van der Waals surface area contributed by atoms with Gasteiger partial charge in [-0.15, -0.1) is 0 Å². The minimum Gasteiger partial charge on any atom is -0.384 e. The number of benzene rings is 1. The first kappa shape index (κ1) is 21.9. The molecule has 2 atom stereocenters. The zero-order chi connectivity index (χ0) is 22.1. The molecule has 168 valence electrons. The fourth-order valence-electron chi connectivity index (χ4n) is 5.42. The van der Waals surface area contributed by atoms with Gasteiger partial charge in [-0.3, -0.25) is 14.4 Å². The third-order valence-corrected chi connectivity index (χ3v) is 7.52. The first-order valence-electron chi connectivity index (χ1n) is 11.7. The standard InChI is InChI=1S/C25H37N5O/c1-17-7-6-8-20-15-30(24(31)12-11-23-18(2)27-29(5)19(23)3)16-22-10-9-21(28(22)4)13-14-26-25(17)20/h6-8,21-22,26H,9-16H2,1-5H3. The number of para-hydroxylation sites is 1. The average molecular weight is 424 g/mol. The van der Waals surface area contributed by atoms with E-state index >= 15 is 0 Å². The van der Waals surface area contributed by atoms with E-state index in [4.69, 9.17) is 0 Å². The van der Waals surface area contributed by atoms with E-state index in [1.54, 1.807) is 0 Å². The molecule has 2 unspecified atom stereocenters. The van der Waals surface area contributed by atoms with Gasteiger partial charge in [-0.05, 0) is 70.2 Å². The van der Waals surface area contributed by atoms with Crippen LogP contribution in [0.4, 0.5) is 5.69 Å². The maximum absolute atomic E-state index is 13.5. The average Bonchev–Trinajstić information content (AvgIpc) is 3.18. The number of aromatic nitrogens is 2. The van der Waals surface area contributed by atoms with Crippen LogP contribution in [0, 0.1) is 20.8 Å². The molecule has 2 aromatic rings. The van der Waals surface area contributed by atoms with Gasteiger partial charge in [-0.25, -0.2) is 0 Å². The highest BCUT2D eigenvalue weighted by molar-refractivity contribution is 5.77. The smallest absolute Gasteiger partial charge is 0.223 e. The van der Waals surface area contributed by atoms with Crippen molar-refractivity contribution in [2.45, 2.75) is 71.5 Å². The minimum absolute atomic E-state index is 0.242. The Morgan fingerprint density at radius 3 is 2.65 bits per heavy atom. The Balaban J connectivity index is 1.57. The van der Waals surface area contributed by atoms with Gasteiger partial charge in [-0.1, -0.05) is 18.2 Å². The number of fused-ring (bicyclic) bond motifs is 3. The molecule has 0 aliphatic carbocycles. The lowest BCUT2D eigenvalue weighted by Gasteiger charge is -2.31. The van der Waals surface area contributed by atoms with Crippen LogP contribution in [0.1, 0.15) is 53.8 Å². The molecule has 2 aliphatic rings. The lowest BCUT2D eigenvalue weighted by molar-refractivity contribution is -0.132. The number of rotatable bonds is 3. The molecule has 1 fully saturated rings. The van der Waals surface area contributed by atoms with Crippen LogP contribution in [0.15, 0.2) is 18.2 Å². The van der Waals surface area contributed by atoms with Gasteiger partial charge in [0.25, 0.3) is 0 Å². The molecular formula is C25H37N5O. The second kappa shape index (κ2) is 9.03. The SMILES string of the molecule is Cc1cccc2c1NCCC1CCC(CN(C(=O)CCc3c(C)nn(C)c3C)C2)N1C. The fourth-order valence-corrected chi connectivity index (χ4v) is 5.42. The van der Waals surface area contributed by atoms with Crippen LogP contribution in [0.3, 0.4) is 0 Å². The lowest BCUT2D eigenvalue weighted by atomic mass is 10.0. The second-order valence-electron chi connectivity index (χ2n) is 9.42. The van der Waals surface area contributed by atoms with Gasteiger partial charge >= 0.3 is 0 Å². The fraction of sp³-hybridized carbons (Fsp3) is 0.600. The molecule has 2 aliphatic heterocycles. The highest BCUT2D eigenvalue weighted by atomic mass is 16.2. The quantitative estimate of drug-likeness (QED) is 0.820. The summed E-state index contributed by atoms with van der Waals surface area (Å²) in [5.74, 6) is 0.242. The maximum Gasteiger partial charge on any atom is 0.223 e. The van der Waals surface area contributed by atoms with Gasteiger partial charge in [0.2, 0.25) is 5.91 Å². The molecular weight excluding hydrogens is 386 g/mol. The number of anilines is 1. The van der Waals surface area contributed by atoms with E-state index in [1.807, 2.05) is 18.7 Å². The highest BCUT2D eigenvalue weighted by Crippen LogP contribution is 2.29. The summed E-state index contributed by atoms with van der Waals surface area (Å²) in [5, 5.41) is 8.21. The Kier molecular flexibility index (Phi) is 6.37. The molecule has 1 N–H and O–H groups in total. The molecule has 1 aromatic carbocycles. The van der Waals surface area contributed by atoms with Crippen LogP contribution in [-0.2, 0) is 24.8 Å².